The van der Waals surface area contributed by atoms with Gasteiger partial charge in [-0.25, -0.2) is 9.59 Å². The first-order valence-corrected chi connectivity index (χ1v) is 11.8. The van der Waals surface area contributed by atoms with Gasteiger partial charge >= 0.3 is 11.9 Å². The van der Waals surface area contributed by atoms with Crippen molar-refractivity contribution in [1.82, 2.24) is 0 Å². The van der Waals surface area contributed by atoms with Gasteiger partial charge in [0.25, 0.3) is 0 Å². The highest BCUT2D eigenvalue weighted by molar-refractivity contribution is 6.29. The van der Waals surface area contributed by atoms with Crippen LogP contribution in [0.15, 0.2) is 0 Å². The molecule has 0 bridgehead atoms. The smallest absolute Gasteiger partial charge is 0.417 e. The predicted molar refractivity (Wildman–Crippen MR) is 114 cm³/mol. The Bertz CT molecular complexity index is 432. The van der Waals surface area contributed by atoms with Gasteiger partial charge in [0.15, 0.2) is 0 Å². The fourth-order valence-corrected chi connectivity index (χ4v) is 4.25. The molecular formula is C24H44O4. The molecular weight excluding hydrogens is 352 g/mol. The van der Waals surface area contributed by atoms with Crippen molar-refractivity contribution in [2.24, 2.45) is 17.8 Å². The van der Waals surface area contributed by atoms with E-state index in [1.54, 1.807) is 0 Å². The standard InChI is InChI=1S/C24H44O4/c1-5-6-7-8-9-10-11-12-13-14-17-27-23(25)24(26)28-22-18-20(4)15-16-21(22)19(2)3/h19-22H,5-18H2,1-4H3. The summed E-state index contributed by atoms with van der Waals surface area (Å²) in [5.74, 6) is -0.299. The number of hydrogen-bond donors (Lipinski definition) is 0. The van der Waals surface area contributed by atoms with Crippen LogP contribution < -0.4 is 0 Å². The molecule has 0 radical (unpaired) electrons. The van der Waals surface area contributed by atoms with E-state index in [1.807, 2.05) is 0 Å². The minimum Gasteiger partial charge on any atom is -0.457 e. The SMILES string of the molecule is CCCCCCCCCCCCOC(=O)C(=O)OC1CC(C)CCC1C(C)C. The Hall–Kier alpha value is -1.06. The van der Waals surface area contributed by atoms with Gasteiger partial charge in [0.1, 0.15) is 6.10 Å². The molecule has 0 heterocycles. The molecule has 0 amide bonds. The van der Waals surface area contributed by atoms with Crippen LogP contribution in [-0.4, -0.2) is 24.6 Å². The maximum Gasteiger partial charge on any atom is 0.417 e. The molecule has 1 fully saturated rings. The lowest BCUT2D eigenvalue weighted by Crippen LogP contribution is -2.37. The fraction of sp³-hybridized carbons (Fsp3) is 0.917. The van der Waals surface area contributed by atoms with E-state index in [-0.39, 0.29) is 6.10 Å². The Kier molecular flexibility index (Phi) is 13.3. The van der Waals surface area contributed by atoms with E-state index >= 15 is 0 Å². The minimum atomic E-state index is -0.823. The average molecular weight is 397 g/mol. The molecule has 0 aromatic rings. The van der Waals surface area contributed by atoms with Crippen LogP contribution in [0.4, 0.5) is 0 Å². The summed E-state index contributed by atoms with van der Waals surface area (Å²) in [5, 5.41) is 0. The van der Waals surface area contributed by atoms with Gasteiger partial charge in [-0.2, -0.15) is 0 Å². The van der Waals surface area contributed by atoms with E-state index in [4.69, 9.17) is 9.47 Å². The van der Waals surface area contributed by atoms with Gasteiger partial charge in [0.05, 0.1) is 6.61 Å². The summed E-state index contributed by atoms with van der Waals surface area (Å²) >= 11 is 0. The molecule has 3 unspecified atom stereocenters. The quantitative estimate of drug-likeness (QED) is 0.204. The zero-order valence-corrected chi connectivity index (χ0v) is 18.8. The monoisotopic (exact) mass is 396 g/mol. The van der Waals surface area contributed by atoms with Crippen molar-refractivity contribution in [3.63, 3.8) is 0 Å². The van der Waals surface area contributed by atoms with Gasteiger partial charge in [0.2, 0.25) is 0 Å². The molecule has 1 saturated carbocycles. The van der Waals surface area contributed by atoms with Gasteiger partial charge in [0, 0.05) is 0 Å². The molecule has 0 saturated heterocycles. The number of carbonyl (C=O) groups excluding carboxylic acids is 2. The highest BCUT2D eigenvalue weighted by Gasteiger charge is 2.35. The molecule has 0 N–H and O–H groups in total. The second-order valence-electron chi connectivity index (χ2n) is 9.09. The largest absolute Gasteiger partial charge is 0.457 e. The Morgan fingerprint density at radius 3 is 2.00 bits per heavy atom. The summed E-state index contributed by atoms with van der Waals surface area (Å²) in [6, 6.07) is 0. The maximum absolute atomic E-state index is 12.1. The molecule has 3 atom stereocenters. The van der Waals surface area contributed by atoms with E-state index in [1.165, 1.54) is 57.8 Å². The number of esters is 2. The molecule has 0 aromatic heterocycles. The summed E-state index contributed by atoms with van der Waals surface area (Å²) in [4.78, 5) is 24.0. The summed E-state index contributed by atoms with van der Waals surface area (Å²) in [7, 11) is 0. The molecule has 0 aliphatic heterocycles. The van der Waals surface area contributed by atoms with Gasteiger partial charge in [-0.1, -0.05) is 91.9 Å². The fourth-order valence-electron chi connectivity index (χ4n) is 4.25. The highest BCUT2D eigenvalue weighted by Crippen LogP contribution is 2.35. The third-order valence-corrected chi connectivity index (χ3v) is 6.12. The highest BCUT2D eigenvalue weighted by atomic mass is 16.6. The van der Waals surface area contributed by atoms with Crippen molar-refractivity contribution in [1.29, 1.82) is 0 Å². The van der Waals surface area contributed by atoms with Crippen molar-refractivity contribution >= 4 is 11.9 Å². The predicted octanol–water partition coefficient (Wildman–Crippen LogP) is 6.45. The molecule has 0 spiro atoms. The van der Waals surface area contributed by atoms with Crippen LogP contribution in [0, 0.1) is 17.8 Å². The van der Waals surface area contributed by atoms with Crippen LogP contribution >= 0.6 is 0 Å². The second-order valence-corrected chi connectivity index (χ2v) is 9.09. The lowest BCUT2D eigenvalue weighted by molar-refractivity contribution is -0.175. The van der Waals surface area contributed by atoms with Crippen molar-refractivity contribution in [2.45, 2.75) is 117 Å². The van der Waals surface area contributed by atoms with Crippen LogP contribution in [-0.2, 0) is 19.1 Å². The van der Waals surface area contributed by atoms with Crippen molar-refractivity contribution < 1.29 is 19.1 Å². The average Bonchev–Trinajstić information content (AvgIpc) is 2.65. The normalized spacial score (nSPS) is 22.2. The first-order valence-electron chi connectivity index (χ1n) is 11.8. The van der Waals surface area contributed by atoms with E-state index in [0.29, 0.717) is 24.4 Å². The third-order valence-electron chi connectivity index (χ3n) is 6.12. The lowest BCUT2D eigenvalue weighted by atomic mass is 9.75. The first-order chi connectivity index (χ1) is 13.5. The summed E-state index contributed by atoms with van der Waals surface area (Å²) in [5.41, 5.74) is 0. The summed E-state index contributed by atoms with van der Waals surface area (Å²) < 4.78 is 10.7. The zero-order chi connectivity index (χ0) is 20.8. The Balaban J connectivity index is 2.10. The molecule has 28 heavy (non-hydrogen) atoms. The van der Waals surface area contributed by atoms with Gasteiger partial charge in [-0.05, 0) is 37.0 Å². The Morgan fingerprint density at radius 2 is 1.43 bits per heavy atom. The minimum absolute atomic E-state index is 0.152. The van der Waals surface area contributed by atoms with Crippen LogP contribution in [0.25, 0.3) is 0 Å². The van der Waals surface area contributed by atoms with Crippen molar-refractivity contribution in [2.75, 3.05) is 6.61 Å². The molecule has 1 aliphatic rings. The third kappa shape index (κ3) is 10.5. The topological polar surface area (TPSA) is 52.6 Å². The first kappa shape index (κ1) is 25.0. The Morgan fingerprint density at radius 1 is 0.857 bits per heavy atom. The van der Waals surface area contributed by atoms with Gasteiger partial charge < -0.3 is 9.47 Å². The number of carbonyl (C=O) groups is 2. The van der Waals surface area contributed by atoms with Gasteiger partial charge in [-0.3, -0.25) is 0 Å². The zero-order valence-electron chi connectivity index (χ0n) is 18.8. The van der Waals surface area contributed by atoms with E-state index in [0.717, 1.165) is 25.7 Å². The second kappa shape index (κ2) is 14.9. The van der Waals surface area contributed by atoms with Crippen molar-refractivity contribution in [3.05, 3.63) is 0 Å². The van der Waals surface area contributed by atoms with Crippen LogP contribution in [0.3, 0.4) is 0 Å². The van der Waals surface area contributed by atoms with Gasteiger partial charge in [-0.15, -0.1) is 0 Å². The molecule has 4 heteroatoms. The van der Waals surface area contributed by atoms with Crippen LogP contribution in [0.5, 0.6) is 0 Å². The summed E-state index contributed by atoms with van der Waals surface area (Å²) in [6.07, 6.45) is 15.2. The van der Waals surface area contributed by atoms with Crippen molar-refractivity contribution in [3.8, 4) is 0 Å². The van der Waals surface area contributed by atoms with E-state index < -0.39 is 11.9 Å². The molecule has 1 aliphatic carbocycles. The number of unbranched alkanes of at least 4 members (excludes halogenated alkanes) is 9. The van der Waals surface area contributed by atoms with E-state index in [9.17, 15) is 9.59 Å². The molecule has 0 aromatic carbocycles. The molecule has 1 rings (SSSR count). The van der Waals surface area contributed by atoms with Crippen LogP contribution in [0.1, 0.15) is 111 Å². The lowest BCUT2D eigenvalue weighted by Gasteiger charge is -2.36. The summed E-state index contributed by atoms with van der Waals surface area (Å²) in [6.45, 7) is 9.06. The number of hydrogen-bond acceptors (Lipinski definition) is 4. The number of rotatable bonds is 13. The van der Waals surface area contributed by atoms with Crippen LogP contribution in [0.2, 0.25) is 0 Å². The maximum atomic E-state index is 12.1. The van der Waals surface area contributed by atoms with E-state index in [2.05, 4.69) is 27.7 Å². The Labute approximate surface area is 173 Å². The molecule has 4 nitrogen and oxygen atoms in total. The number of ether oxygens (including phenoxy) is 2. The molecule has 164 valence electrons.